The Morgan fingerprint density at radius 2 is 1.87 bits per heavy atom. The Labute approximate surface area is 174 Å². The number of rotatable bonds is 3. The molecule has 0 aliphatic carbocycles. The number of nitriles is 1. The number of aliphatic hydroxyl groups is 1. The maximum absolute atomic E-state index is 12.7. The van der Waals surface area contributed by atoms with Crippen LogP contribution >= 0.6 is 12.2 Å². The Morgan fingerprint density at radius 1 is 1.17 bits per heavy atom. The van der Waals surface area contributed by atoms with Crippen LogP contribution in [0.1, 0.15) is 10.4 Å². The van der Waals surface area contributed by atoms with Gasteiger partial charge in [0.2, 0.25) is 11.8 Å². The Morgan fingerprint density at radius 3 is 2.60 bits per heavy atom. The number of carbonyl (C=O) groups excluding carboxylic acids is 1. The van der Waals surface area contributed by atoms with E-state index in [0.29, 0.717) is 21.2 Å². The van der Waals surface area contributed by atoms with Crippen molar-refractivity contribution in [1.82, 2.24) is 15.1 Å². The third kappa shape index (κ3) is 3.32. The van der Waals surface area contributed by atoms with Gasteiger partial charge in [0.25, 0.3) is 11.5 Å². The van der Waals surface area contributed by atoms with Gasteiger partial charge in [-0.15, -0.1) is 5.10 Å². The van der Waals surface area contributed by atoms with Crippen molar-refractivity contribution in [2.75, 3.05) is 0 Å². The van der Waals surface area contributed by atoms with Gasteiger partial charge in [-0.2, -0.15) is 9.94 Å². The van der Waals surface area contributed by atoms with Crippen LogP contribution in [-0.2, 0) is 0 Å². The topological polar surface area (TPSA) is 121 Å². The molecule has 2 aromatic rings. The second-order valence-corrected chi connectivity index (χ2v) is 6.59. The molecule has 2 aromatic carbocycles. The monoisotopic (exact) mass is 416 g/mol. The summed E-state index contributed by atoms with van der Waals surface area (Å²) in [4.78, 5) is 24.6. The predicted molar refractivity (Wildman–Crippen MR) is 113 cm³/mol. The van der Waals surface area contributed by atoms with Gasteiger partial charge in [0.1, 0.15) is 27.8 Å². The molecule has 0 atom stereocenters. The lowest BCUT2D eigenvalue weighted by Gasteiger charge is -2.07. The molecule has 8 nitrogen and oxygen atoms in total. The fourth-order valence-electron chi connectivity index (χ4n) is 2.83. The van der Waals surface area contributed by atoms with Crippen molar-refractivity contribution < 1.29 is 14.3 Å². The van der Waals surface area contributed by atoms with Gasteiger partial charge in [-0.05, 0) is 24.3 Å². The molecule has 4 rings (SSSR count). The van der Waals surface area contributed by atoms with E-state index in [2.05, 4.69) is 10.4 Å². The van der Waals surface area contributed by atoms with Gasteiger partial charge in [-0.25, -0.2) is 0 Å². The zero-order valence-corrected chi connectivity index (χ0v) is 16.0. The number of nitrogens with one attached hydrogen (secondary N) is 1. The fourth-order valence-corrected chi connectivity index (χ4v) is 3.06. The number of fused-ring (bicyclic) bond motifs is 2. The van der Waals surface area contributed by atoms with Crippen molar-refractivity contribution >= 4 is 40.0 Å². The molecule has 2 aliphatic rings. The van der Waals surface area contributed by atoms with Crippen molar-refractivity contribution in [1.29, 1.82) is 5.26 Å². The second kappa shape index (κ2) is 7.62. The van der Waals surface area contributed by atoms with E-state index in [-0.39, 0.29) is 16.4 Å². The van der Waals surface area contributed by atoms with Crippen LogP contribution in [0.25, 0.3) is 28.3 Å². The van der Waals surface area contributed by atoms with Gasteiger partial charge in [0, 0.05) is 10.9 Å². The van der Waals surface area contributed by atoms with Crippen LogP contribution in [0.4, 0.5) is 0 Å². The highest BCUT2D eigenvalue weighted by Crippen LogP contribution is 2.24. The first-order chi connectivity index (χ1) is 14.5. The number of hydrogen-bond acceptors (Lipinski definition) is 7. The Balaban J connectivity index is 1.74. The Kier molecular flexibility index (Phi) is 4.83. The maximum Gasteiger partial charge on any atom is 0.287 e. The minimum absolute atomic E-state index is 0.0122. The molecule has 0 spiro atoms. The number of aromatic nitrogens is 2. The molecule has 9 heteroatoms. The Hall–Kier alpha value is -4.29. The summed E-state index contributed by atoms with van der Waals surface area (Å²) >= 11 is 5.08. The summed E-state index contributed by atoms with van der Waals surface area (Å²) in [5, 5.41) is 27.0. The van der Waals surface area contributed by atoms with Crippen LogP contribution in [-0.4, -0.2) is 25.8 Å². The van der Waals surface area contributed by atoms with Gasteiger partial charge in [0.15, 0.2) is 0 Å². The molecule has 30 heavy (non-hydrogen) atoms. The molecule has 1 amide bonds. The van der Waals surface area contributed by atoms with Crippen LogP contribution in [0.3, 0.4) is 0 Å². The van der Waals surface area contributed by atoms with Crippen LogP contribution in [0.15, 0.2) is 75.4 Å². The highest BCUT2D eigenvalue weighted by molar-refractivity contribution is 7.80. The average molecular weight is 416 g/mol. The van der Waals surface area contributed by atoms with E-state index >= 15 is 0 Å². The van der Waals surface area contributed by atoms with E-state index in [9.17, 15) is 20.0 Å². The molecule has 2 aliphatic heterocycles. The normalized spacial score (nSPS) is 11.7. The number of para-hydroxylation sites is 1. The number of nitrogens with zero attached hydrogens (tertiary/aromatic N) is 3. The number of amides is 1. The lowest BCUT2D eigenvalue weighted by Crippen LogP contribution is -2.31. The predicted octanol–water partition coefficient (Wildman–Crippen LogP) is 3.10. The largest absolute Gasteiger partial charge is 0.492 e. The van der Waals surface area contributed by atoms with Crippen molar-refractivity contribution in [2.24, 2.45) is 0 Å². The summed E-state index contributed by atoms with van der Waals surface area (Å²) in [6.45, 7) is 0. The molecule has 0 fully saturated rings. The van der Waals surface area contributed by atoms with Crippen molar-refractivity contribution in [2.45, 2.75) is 0 Å². The number of thiocarbonyl (C=S) groups is 1. The molecular formula is C21H12N4O4S. The first-order valence-electron chi connectivity index (χ1n) is 8.65. The van der Waals surface area contributed by atoms with Crippen LogP contribution < -0.4 is 10.9 Å². The van der Waals surface area contributed by atoms with Gasteiger partial charge in [0.05, 0.1) is 0 Å². The quantitative estimate of drug-likeness (QED) is 0.228. The zero-order chi connectivity index (χ0) is 21.3. The highest BCUT2D eigenvalue weighted by Gasteiger charge is 2.24. The summed E-state index contributed by atoms with van der Waals surface area (Å²) in [6.07, 6.45) is 0. The zero-order valence-electron chi connectivity index (χ0n) is 15.2. The highest BCUT2D eigenvalue weighted by atomic mass is 32.1. The van der Waals surface area contributed by atoms with Crippen LogP contribution in [0, 0.1) is 11.3 Å². The van der Waals surface area contributed by atoms with E-state index in [4.69, 9.17) is 16.6 Å². The summed E-state index contributed by atoms with van der Waals surface area (Å²) in [6, 6.07) is 18.5. The smallest absolute Gasteiger partial charge is 0.287 e. The molecule has 146 valence electrons. The van der Waals surface area contributed by atoms with Crippen molar-refractivity contribution in [3.8, 4) is 17.5 Å². The number of benzene rings is 2. The van der Waals surface area contributed by atoms with E-state index in [1.165, 1.54) is 0 Å². The molecule has 0 bridgehead atoms. The SMILES string of the molecule is N#C/C(C(=S)NC(=O)c1ccccc1)=C(/O)n1nc2oc3ccccc3cc-2c1=O. The van der Waals surface area contributed by atoms with E-state index < -0.39 is 22.9 Å². The lowest BCUT2D eigenvalue weighted by atomic mass is 10.2. The summed E-state index contributed by atoms with van der Waals surface area (Å²) in [7, 11) is 0. The van der Waals surface area contributed by atoms with Crippen molar-refractivity contribution in [3.05, 3.63) is 82.2 Å². The number of hydrogen-bond donors (Lipinski definition) is 2. The van der Waals surface area contributed by atoms with Gasteiger partial charge in [-0.1, -0.05) is 48.6 Å². The van der Waals surface area contributed by atoms with E-state index in [1.54, 1.807) is 66.7 Å². The van der Waals surface area contributed by atoms with Gasteiger partial charge >= 0.3 is 0 Å². The maximum atomic E-state index is 12.7. The van der Waals surface area contributed by atoms with Crippen LogP contribution in [0.2, 0.25) is 0 Å². The van der Waals surface area contributed by atoms with E-state index in [0.717, 1.165) is 0 Å². The lowest BCUT2D eigenvalue weighted by molar-refractivity contribution is 0.0978. The van der Waals surface area contributed by atoms with Gasteiger partial charge in [-0.3, -0.25) is 9.59 Å². The van der Waals surface area contributed by atoms with Crippen molar-refractivity contribution in [3.63, 3.8) is 0 Å². The van der Waals surface area contributed by atoms with Gasteiger partial charge < -0.3 is 14.8 Å². The average Bonchev–Trinajstić information content (AvgIpc) is 3.08. The molecule has 2 heterocycles. The molecule has 0 saturated heterocycles. The molecule has 0 radical (unpaired) electrons. The van der Waals surface area contributed by atoms with Crippen LogP contribution in [0.5, 0.6) is 0 Å². The first kappa shape index (κ1) is 19.0. The standard InChI is InChI=1S/C21H12N4O4S/c22-11-15(19(30)23-17(26)12-6-2-1-3-7-12)21(28)25-20(27)14-10-13-8-4-5-9-16(13)29-18(14)24-25/h1-10,28H,(H,23,26,30)/b21-15-. The third-order valence-corrected chi connectivity index (χ3v) is 4.60. The summed E-state index contributed by atoms with van der Waals surface area (Å²) < 4.78 is 6.22. The number of carbonyl (C=O) groups is 1. The molecule has 2 N–H and O–H groups in total. The third-order valence-electron chi connectivity index (χ3n) is 4.30. The van der Waals surface area contributed by atoms with E-state index in [1.807, 2.05) is 0 Å². The molecule has 0 unspecified atom stereocenters. The second-order valence-electron chi connectivity index (χ2n) is 6.18. The first-order valence-corrected chi connectivity index (χ1v) is 9.06. The fraction of sp³-hybridized carbons (Fsp3) is 0. The molecule has 0 saturated carbocycles. The molecule has 0 aromatic heterocycles. The summed E-state index contributed by atoms with van der Waals surface area (Å²) in [5.74, 6) is -1.38. The summed E-state index contributed by atoms with van der Waals surface area (Å²) in [5.41, 5.74) is -0.233. The number of aliphatic hydroxyl groups excluding tert-OH is 1. The Bertz CT molecular complexity index is 1400. The molecular weight excluding hydrogens is 404 g/mol. The minimum Gasteiger partial charge on any atom is -0.492 e. The minimum atomic E-state index is -0.809.